The lowest BCUT2D eigenvalue weighted by molar-refractivity contribution is -0.121. The Balaban J connectivity index is 4.07. The number of hydrogen-bond donors (Lipinski definition) is 3. The summed E-state index contributed by atoms with van der Waals surface area (Å²) < 4.78 is 0. The summed E-state index contributed by atoms with van der Waals surface area (Å²) in [6, 6.07) is 0. The Hall–Kier alpha value is -1.17. The molecule has 6 heteroatoms. The summed E-state index contributed by atoms with van der Waals surface area (Å²) in [6.07, 6.45) is 0.229. The van der Waals surface area contributed by atoms with E-state index in [4.69, 9.17) is 5.73 Å². The molecule has 0 bridgehead atoms. The Labute approximate surface area is 95.5 Å². The first kappa shape index (κ1) is 13.8. The molecule has 4 N–H and O–H groups in total. The average Bonchev–Trinajstić information content (AvgIpc) is 1.96. The van der Waals surface area contributed by atoms with E-state index in [2.05, 4.69) is 28.1 Å². The van der Waals surface area contributed by atoms with Crippen molar-refractivity contribution >= 4 is 28.9 Å². The smallest absolute Gasteiger partial charge is 0.226 e. The zero-order valence-electron chi connectivity index (χ0n) is 9.55. The number of hydrazone groups is 1. The van der Waals surface area contributed by atoms with E-state index in [1.807, 2.05) is 20.8 Å². The van der Waals surface area contributed by atoms with Crippen LogP contribution in [0.15, 0.2) is 5.10 Å². The summed E-state index contributed by atoms with van der Waals surface area (Å²) in [5, 5.41) is 6.75. The molecule has 86 valence electrons. The van der Waals surface area contributed by atoms with Crippen molar-refractivity contribution in [2.45, 2.75) is 39.7 Å². The molecule has 0 spiro atoms. The number of carbonyl (C=O) groups excluding carboxylic acids is 1. The van der Waals surface area contributed by atoms with Gasteiger partial charge in [0.15, 0.2) is 5.11 Å². The first-order chi connectivity index (χ1) is 6.70. The molecule has 0 aliphatic heterocycles. The summed E-state index contributed by atoms with van der Waals surface area (Å²) in [5.41, 5.74) is 8.02. The fourth-order valence-electron chi connectivity index (χ4n) is 0.885. The molecule has 0 aromatic carbocycles. The number of carbonyl (C=O) groups is 1. The van der Waals surface area contributed by atoms with Gasteiger partial charge in [-0.05, 0) is 39.9 Å². The molecular formula is C9H18N4OS. The van der Waals surface area contributed by atoms with Crippen LogP contribution in [-0.2, 0) is 4.79 Å². The van der Waals surface area contributed by atoms with Gasteiger partial charge in [0, 0.05) is 11.3 Å². The van der Waals surface area contributed by atoms with E-state index in [9.17, 15) is 4.79 Å². The van der Waals surface area contributed by atoms with Gasteiger partial charge in [-0.2, -0.15) is 5.10 Å². The minimum Gasteiger partial charge on any atom is -0.375 e. The highest BCUT2D eigenvalue weighted by molar-refractivity contribution is 7.80. The van der Waals surface area contributed by atoms with Gasteiger partial charge in [0.05, 0.1) is 6.42 Å². The zero-order chi connectivity index (χ0) is 12.1. The quantitative estimate of drug-likeness (QED) is 0.375. The Morgan fingerprint density at radius 1 is 1.47 bits per heavy atom. The first-order valence-corrected chi connectivity index (χ1v) is 5.01. The molecule has 0 aliphatic carbocycles. The highest BCUT2D eigenvalue weighted by Crippen LogP contribution is 1.99. The van der Waals surface area contributed by atoms with Gasteiger partial charge in [-0.25, -0.2) is 0 Å². The minimum absolute atomic E-state index is 0.0755. The highest BCUT2D eigenvalue weighted by atomic mass is 32.1. The Morgan fingerprint density at radius 3 is 2.40 bits per heavy atom. The maximum Gasteiger partial charge on any atom is 0.226 e. The van der Waals surface area contributed by atoms with Crippen LogP contribution in [-0.4, -0.2) is 22.3 Å². The van der Waals surface area contributed by atoms with Crippen molar-refractivity contribution < 1.29 is 4.79 Å². The highest BCUT2D eigenvalue weighted by Gasteiger charge is 2.13. The molecular weight excluding hydrogens is 212 g/mol. The number of hydrogen-bond acceptors (Lipinski definition) is 3. The predicted octanol–water partition coefficient (Wildman–Crippen LogP) is 0.500. The van der Waals surface area contributed by atoms with E-state index in [-0.39, 0.29) is 23.0 Å². The molecule has 0 fully saturated rings. The van der Waals surface area contributed by atoms with Gasteiger partial charge in [0.1, 0.15) is 0 Å². The number of amides is 1. The number of nitrogens with one attached hydrogen (secondary N) is 2. The topological polar surface area (TPSA) is 79.5 Å². The van der Waals surface area contributed by atoms with Crippen LogP contribution < -0.4 is 16.5 Å². The molecule has 0 rings (SSSR count). The second-order valence-electron chi connectivity index (χ2n) is 4.30. The SMILES string of the molecule is C/C(CC(=O)NC(C)(C)C)=N\NC(N)=S. The minimum atomic E-state index is -0.228. The normalized spacial score (nSPS) is 12.1. The molecule has 1 amide bonds. The predicted molar refractivity (Wildman–Crippen MR) is 65.5 cm³/mol. The lowest BCUT2D eigenvalue weighted by Crippen LogP contribution is -2.41. The van der Waals surface area contributed by atoms with Crippen molar-refractivity contribution in [2.24, 2.45) is 10.8 Å². The van der Waals surface area contributed by atoms with Crippen LogP contribution in [0.4, 0.5) is 0 Å². The van der Waals surface area contributed by atoms with Crippen LogP contribution in [0.2, 0.25) is 0 Å². The monoisotopic (exact) mass is 230 g/mol. The van der Waals surface area contributed by atoms with Crippen molar-refractivity contribution in [1.29, 1.82) is 0 Å². The van der Waals surface area contributed by atoms with Gasteiger partial charge < -0.3 is 11.1 Å². The summed E-state index contributed by atoms with van der Waals surface area (Å²) in [7, 11) is 0. The standard InChI is InChI=1S/C9H18N4OS/c1-6(12-13-8(10)15)5-7(14)11-9(2,3)4/h5H2,1-4H3,(H,11,14)(H3,10,13,15)/b12-6+. The second kappa shape index (κ2) is 5.65. The van der Waals surface area contributed by atoms with Crippen molar-refractivity contribution in [3.8, 4) is 0 Å². The maximum atomic E-state index is 11.4. The molecule has 0 aromatic heterocycles. The van der Waals surface area contributed by atoms with E-state index < -0.39 is 0 Å². The summed E-state index contributed by atoms with van der Waals surface area (Å²) in [5.74, 6) is -0.0755. The number of rotatable bonds is 3. The molecule has 0 heterocycles. The maximum absolute atomic E-state index is 11.4. The third-order valence-electron chi connectivity index (χ3n) is 1.29. The van der Waals surface area contributed by atoms with E-state index in [0.29, 0.717) is 5.71 Å². The van der Waals surface area contributed by atoms with Crippen molar-refractivity contribution in [3.63, 3.8) is 0 Å². The van der Waals surface area contributed by atoms with Gasteiger partial charge in [0.2, 0.25) is 5.91 Å². The third-order valence-corrected chi connectivity index (χ3v) is 1.38. The Kier molecular flexibility index (Phi) is 5.21. The summed E-state index contributed by atoms with van der Waals surface area (Å²) >= 11 is 4.57. The summed E-state index contributed by atoms with van der Waals surface area (Å²) in [6.45, 7) is 7.49. The van der Waals surface area contributed by atoms with Crippen LogP contribution in [0.3, 0.4) is 0 Å². The molecule has 0 aromatic rings. The van der Waals surface area contributed by atoms with E-state index in [1.165, 1.54) is 0 Å². The van der Waals surface area contributed by atoms with E-state index in [0.717, 1.165) is 0 Å². The van der Waals surface area contributed by atoms with Crippen LogP contribution in [0.25, 0.3) is 0 Å². The van der Waals surface area contributed by atoms with Gasteiger partial charge in [-0.1, -0.05) is 0 Å². The van der Waals surface area contributed by atoms with Gasteiger partial charge in [-0.15, -0.1) is 0 Å². The number of nitrogens with zero attached hydrogens (tertiary/aromatic N) is 1. The lowest BCUT2D eigenvalue weighted by Gasteiger charge is -2.20. The first-order valence-electron chi connectivity index (χ1n) is 4.60. The summed E-state index contributed by atoms with van der Waals surface area (Å²) in [4.78, 5) is 11.4. The molecule has 0 atom stereocenters. The fourth-order valence-corrected chi connectivity index (χ4v) is 0.931. The van der Waals surface area contributed by atoms with E-state index >= 15 is 0 Å². The lowest BCUT2D eigenvalue weighted by atomic mass is 10.1. The Bertz CT molecular complexity index is 280. The van der Waals surface area contributed by atoms with Crippen molar-refractivity contribution in [1.82, 2.24) is 10.7 Å². The molecule has 5 nitrogen and oxygen atoms in total. The number of thiocarbonyl (C=S) groups is 1. The van der Waals surface area contributed by atoms with Gasteiger partial charge in [0.25, 0.3) is 0 Å². The molecule has 0 aliphatic rings. The van der Waals surface area contributed by atoms with Gasteiger partial charge in [-0.3, -0.25) is 10.2 Å². The van der Waals surface area contributed by atoms with Crippen LogP contribution in [0, 0.1) is 0 Å². The van der Waals surface area contributed by atoms with Gasteiger partial charge >= 0.3 is 0 Å². The third kappa shape index (κ3) is 9.14. The molecule has 15 heavy (non-hydrogen) atoms. The number of nitrogens with two attached hydrogens (primary N) is 1. The Morgan fingerprint density at radius 2 is 2.00 bits per heavy atom. The van der Waals surface area contributed by atoms with Crippen molar-refractivity contribution in [2.75, 3.05) is 0 Å². The zero-order valence-corrected chi connectivity index (χ0v) is 10.4. The fraction of sp³-hybridized carbons (Fsp3) is 0.667. The largest absolute Gasteiger partial charge is 0.375 e. The van der Waals surface area contributed by atoms with Crippen molar-refractivity contribution in [3.05, 3.63) is 0 Å². The van der Waals surface area contributed by atoms with Crippen LogP contribution in [0.1, 0.15) is 34.1 Å². The average molecular weight is 230 g/mol. The molecule has 0 saturated carbocycles. The van der Waals surface area contributed by atoms with E-state index in [1.54, 1.807) is 6.92 Å². The second-order valence-corrected chi connectivity index (χ2v) is 4.74. The molecule has 0 unspecified atom stereocenters. The van der Waals surface area contributed by atoms with Crippen LogP contribution >= 0.6 is 12.2 Å². The van der Waals surface area contributed by atoms with Crippen LogP contribution in [0.5, 0.6) is 0 Å². The molecule has 0 radical (unpaired) electrons. The molecule has 0 saturated heterocycles.